The zero-order chi connectivity index (χ0) is 23.3. The third kappa shape index (κ3) is 5.47. The van der Waals surface area contributed by atoms with Gasteiger partial charge in [0.05, 0.1) is 5.01 Å². The molecule has 4 heterocycles. The van der Waals surface area contributed by atoms with E-state index in [9.17, 15) is 4.79 Å². The summed E-state index contributed by atoms with van der Waals surface area (Å²) in [6.07, 6.45) is 10.9. The Kier molecular flexibility index (Phi) is 7.51. The SMILES string of the molecule is CN1CCN(CCCCNc2ncc3cc(Cc4nccs4)c(=O)n(C4CCCC4)c3n2)CC1. The van der Waals surface area contributed by atoms with E-state index in [1.165, 1.54) is 25.9 Å². The summed E-state index contributed by atoms with van der Waals surface area (Å²) in [5, 5.41) is 7.25. The van der Waals surface area contributed by atoms with E-state index in [0.717, 1.165) is 73.5 Å². The molecule has 0 amide bonds. The number of nitrogens with one attached hydrogen (secondary N) is 1. The molecule has 0 spiro atoms. The summed E-state index contributed by atoms with van der Waals surface area (Å²) in [4.78, 5) is 32.2. The smallest absolute Gasteiger partial charge is 0.256 e. The number of anilines is 1. The maximum Gasteiger partial charge on any atom is 0.256 e. The molecule has 3 aromatic rings. The van der Waals surface area contributed by atoms with Crippen molar-refractivity contribution in [1.29, 1.82) is 0 Å². The van der Waals surface area contributed by atoms with Crippen molar-refractivity contribution < 1.29 is 0 Å². The monoisotopic (exact) mass is 481 g/mol. The van der Waals surface area contributed by atoms with Crippen molar-refractivity contribution in [3.63, 3.8) is 0 Å². The fraction of sp³-hybridized carbons (Fsp3) is 0.600. The lowest BCUT2D eigenvalue weighted by Crippen LogP contribution is -2.44. The van der Waals surface area contributed by atoms with Crippen LogP contribution in [0.25, 0.3) is 11.0 Å². The van der Waals surface area contributed by atoms with Crippen molar-refractivity contribution in [3.05, 3.63) is 44.8 Å². The Bertz CT molecular complexity index is 1130. The van der Waals surface area contributed by atoms with Crippen LogP contribution in [-0.2, 0) is 6.42 Å². The number of likely N-dealkylation sites (N-methyl/N-ethyl adjacent to an activating group) is 1. The second-order valence-electron chi connectivity index (χ2n) is 9.64. The largest absolute Gasteiger partial charge is 0.354 e. The van der Waals surface area contributed by atoms with Gasteiger partial charge in [-0.1, -0.05) is 12.8 Å². The van der Waals surface area contributed by atoms with Crippen LogP contribution in [0.5, 0.6) is 0 Å². The van der Waals surface area contributed by atoms with E-state index in [4.69, 9.17) is 4.98 Å². The lowest BCUT2D eigenvalue weighted by molar-refractivity contribution is 0.152. The van der Waals surface area contributed by atoms with E-state index >= 15 is 0 Å². The molecule has 1 aliphatic heterocycles. The molecule has 2 aliphatic rings. The number of rotatable bonds is 9. The van der Waals surface area contributed by atoms with E-state index in [-0.39, 0.29) is 11.6 Å². The molecule has 0 aromatic carbocycles. The first kappa shape index (κ1) is 23.4. The van der Waals surface area contributed by atoms with Crippen LogP contribution in [0.15, 0.2) is 28.6 Å². The van der Waals surface area contributed by atoms with Gasteiger partial charge in [-0.25, -0.2) is 9.97 Å². The molecule has 1 saturated carbocycles. The van der Waals surface area contributed by atoms with Crippen molar-refractivity contribution in [2.45, 2.75) is 51.0 Å². The van der Waals surface area contributed by atoms with E-state index in [1.807, 2.05) is 22.2 Å². The summed E-state index contributed by atoms with van der Waals surface area (Å²) >= 11 is 1.59. The van der Waals surface area contributed by atoms with Crippen LogP contribution in [0.3, 0.4) is 0 Å². The van der Waals surface area contributed by atoms with Crippen LogP contribution in [-0.4, -0.2) is 75.6 Å². The van der Waals surface area contributed by atoms with Crippen LogP contribution in [0, 0.1) is 0 Å². The maximum absolute atomic E-state index is 13.5. The minimum absolute atomic E-state index is 0.0754. The molecular weight excluding hydrogens is 446 g/mol. The number of piperazine rings is 1. The number of aromatic nitrogens is 4. The molecule has 1 saturated heterocycles. The van der Waals surface area contributed by atoms with Crippen LogP contribution in [0.1, 0.15) is 55.1 Å². The van der Waals surface area contributed by atoms with Crippen LogP contribution < -0.4 is 10.9 Å². The highest BCUT2D eigenvalue weighted by Crippen LogP contribution is 2.31. The maximum atomic E-state index is 13.5. The summed E-state index contributed by atoms with van der Waals surface area (Å²) < 4.78 is 1.95. The van der Waals surface area contributed by atoms with Gasteiger partial charge in [-0.2, -0.15) is 4.98 Å². The average Bonchev–Trinajstić information content (AvgIpc) is 3.55. The summed E-state index contributed by atoms with van der Waals surface area (Å²) in [5.74, 6) is 0.617. The average molecular weight is 482 g/mol. The molecule has 1 N–H and O–H groups in total. The zero-order valence-corrected chi connectivity index (χ0v) is 20.9. The van der Waals surface area contributed by atoms with Gasteiger partial charge < -0.3 is 15.1 Å². The molecule has 0 radical (unpaired) electrons. The van der Waals surface area contributed by atoms with Crippen molar-refractivity contribution in [1.82, 2.24) is 29.3 Å². The van der Waals surface area contributed by atoms with Gasteiger partial charge in [0.2, 0.25) is 5.95 Å². The molecule has 5 rings (SSSR count). The summed E-state index contributed by atoms with van der Waals surface area (Å²) in [7, 11) is 2.19. The van der Waals surface area contributed by atoms with Crippen molar-refractivity contribution in [2.75, 3.05) is 51.6 Å². The Morgan fingerprint density at radius 1 is 1.12 bits per heavy atom. The van der Waals surface area contributed by atoms with Crippen molar-refractivity contribution >= 4 is 28.3 Å². The van der Waals surface area contributed by atoms with Crippen LogP contribution in [0.2, 0.25) is 0 Å². The highest BCUT2D eigenvalue weighted by atomic mass is 32.1. The standard InChI is InChI=1S/C25H35N7OS/c1-30-11-13-31(14-12-30)10-5-4-8-27-25-28-18-20-16-19(17-22-26-9-15-34-22)24(33)32(23(20)29-25)21-6-2-3-7-21/h9,15-16,18,21H,2-8,10-14,17H2,1H3,(H,27,28,29). The van der Waals surface area contributed by atoms with Gasteiger partial charge in [0.1, 0.15) is 5.65 Å². The van der Waals surface area contributed by atoms with Gasteiger partial charge in [-0.3, -0.25) is 9.36 Å². The number of hydrogen-bond donors (Lipinski definition) is 1. The Hall–Kier alpha value is -2.36. The van der Waals surface area contributed by atoms with Gasteiger partial charge in [-0.15, -0.1) is 11.3 Å². The van der Waals surface area contributed by atoms with Crippen LogP contribution in [0.4, 0.5) is 5.95 Å². The zero-order valence-electron chi connectivity index (χ0n) is 20.1. The van der Waals surface area contributed by atoms with E-state index in [1.54, 1.807) is 17.5 Å². The molecule has 8 nitrogen and oxygen atoms in total. The quantitative estimate of drug-likeness (QED) is 0.469. The first-order chi connectivity index (χ1) is 16.7. The number of thiazole rings is 1. The van der Waals surface area contributed by atoms with Gasteiger partial charge in [0, 0.05) is 73.9 Å². The lowest BCUT2D eigenvalue weighted by atomic mass is 10.1. The topological polar surface area (TPSA) is 79.2 Å². The van der Waals surface area contributed by atoms with Gasteiger partial charge in [0.25, 0.3) is 5.56 Å². The molecular formula is C25H35N7OS. The number of nitrogens with zero attached hydrogens (tertiary/aromatic N) is 6. The van der Waals surface area contributed by atoms with E-state index < -0.39 is 0 Å². The molecule has 2 fully saturated rings. The summed E-state index contributed by atoms with van der Waals surface area (Å²) in [6.45, 7) is 6.66. The highest BCUT2D eigenvalue weighted by Gasteiger charge is 2.23. The second-order valence-corrected chi connectivity index (χ2v) is 10.6. The first-order valence-electron chi connectivity index (χ1n) is 12.6. The van der Waals surface area contributed by atoms with E-state index in [0.29, 0.717) is 12.4 Å². The predicted octanol–water partition coefficient (Wildman–Crippen LogP) is 3.39. The molecule has 182 valence electrons. The second kappa shape index (κ2) is 10.9. The number of unbranched alkanes of at least 4 members (excludes halogenated alkanes) is 1. The minimum Gasteiger partial charge on any atom is -0.354 e. The Morgan fingerprint density at radius 3 is 2.71 bits per heavy atom. The summed E-state index contributed by atoms with van der Waals surface area (Å²) in [5.41, 5.74) is 1.61. The number of fused-ring (bicyclic) bond motifs is 1. The third-order valence-corrected chi connectivity index (χ3v) is 7.92. The van der Waals surface area contributed by atoms with Gasteiger partial charge in [0.15, 0.2) is 0 Å². The molecule has 34 heavy (non-hydrogen) atoms. The Morgan fingerprint density at radius 2 is 1.94 bits per heavy atom. The first-order valence-corrected chi connectivity index (χ1v) is 13.5. The van der Waals surface area contributed by atoms with Crippen molar-refractivity contribution in [2.24, 2.45) is 0 Å². The fourth-order valence-corrected chi connectivity index (χ4v) is 5.76. The minimum atomic E-state index is 0.0754. The molecule has 0 unspecified atom stereocenters. The molecule has 0 atom stereocenters. The molecule has 1 aliphatic carbocycles. The Balaban J connectivity index is 1.28. The molecule has 3 aromatic heterocycles. The number of pyridine rings is 1. The number of hydrogen-bond acceptors (Lipinski definition) is 8. The predicted molar refractivity (Wildman–Crippen MR) is 138 cm³/mol. The molecule has 9 heteroatoms. The third-order valence-electron chi connectivity index (χ3n) is 7.14. The summed E-state index contributed by atoms with van der Waals surface area (Å²) in [6, 6.07) is 2.18. The normalized spacial score (nSPS) is 18.1. The Labute approximate surface area is 205 Å². The van der Waals surface area contributed by atoms with Crippen molar-refractivity contribution in [3.8, 4) is 0 Å². The van der Waals surface area contributed by atoms with E-state index in [2.05, 4.69) is 32.1 Å². The lowest BCUT2D eigenvalue weighted by Gasteiger charge is -2.32. The fourth-order valence-electron chi connectivity index (χ4n) is 5.13. The van der Waals surface area contributed by atoms with Gasteiger partial charge >= 0.3 is 0 Å². The molecule has 0 bridgehead atoms. The van der Waals surface area contributed by atoms with Crippen LogP contribution >= 0.6 is 11.3 Å². The highest BCUT2D eigenvalue weighted by molar-refractivity contribution is 7.09. The van der Waals surface area contributed by atoms with Gasteiger partial charge in [-0.05, 0) is 45.3 Å².